The van der Waals surface area contributed by atoms with Crippen molar-refractivity contribution in [2.45, 2.75) is 19.1 Å². The van der Waals surface area contributed by atoms with E-state index < -0.39 is 0 Å². The molecule has 1 atom stereocenters. The van der Waals surface area contributed by atoms with Crippen molar-refractivity contribution in [3.05, 3.63) is 0 Å². The molecule has 3 heteroatoms. The van der Waals surface area contributed by atoms with Crippen LogP contribution in [0.25, 0.3) is 0 Å². The molecule has 1 aliphatic heterocycles. The average molecular weight is 129 g/mol. The molecule has 0 amide bonds. The van der Waals surface area contributed by atoms with E-state index in [-0.39, 0.29) is 6.23 Å². The number of thiocarbonyl (C=S) groups is 1. The van der Waals surface area contributed by atoms with Gasteiger partial charge in [-0.25, -0.2) is 4.99 Å². The number of hydrogen-bond donors (Lipinski definition) is 0. The van der Waals surface area contributed by atoms with Gasteiger partial charge in [0.2, 0.25) is 0 Å². The standard InChI is InChI=1S/C5H7NOS/c8-4-6-5-2-1-3-7-5/h5H,1-3H2/t5-/m1/s1. The van der Waals surface area contributed by atoms with Crippen LogP contribution in [0.1, 0.15) is 12.8 Å². The highest BCUT2D eigenvalue weighted by Gasteiger charge is 2.11. The van der Waals surface area contributed by atoms with Gasteiger partial charge in [0.05, 0.1) is 5.16 Å². The second-order valence-electron chi connectivity index (χ2n) is 1.69. The second kappa shape index (κ2) is 2.92. The van der Waals surface area contributed by atoms with Crippen LogP contribution in [0.3, 0.4) is 0 Å². The molecule has 0 N–H and O–H groups in total. The highest BCUT2D eigenvalue weighted by atomic mass is 32.1. The zero-order valence-electron chi connectivity index (χ0n) is 4.46. The molecule has 0 aromatic heterocycles. The lowest BCUT2D eigenvalue weighted by Crippen LogP contribution is -1.97. The maximum atomic E-state index is 5.10. The highest BCUT2D eigenvalue weighted by molar-refractivity contribution is 7.78. The molecule has 1 fully saturated rings. The number of hydrogen-bond acceptors (Lipinski definition) is 3. The topological polar surface area (TPSA) is 21.6 Å². The zero-order chi connectivity index (χ0) is 5.82. The summed E-state index contributed by atoms with van der Waals surface area (Å²) in [4.78, 5) is 3.77. The van der Waals surface area contributed by atoms with Crippen molar-refractivity contribution in [1.29, 1.82) is 0 Å². The Balaban J connectivity index is 2.35. The molecule has 1 saturated heterocycles. The molecule has 2 nitrogen and oxygen atoms in total. The van der Waals surface area contributed by atoms with E-state index in [1.807, 2.05) is 0 Å². The normalized spacial score (nSPS) is 27.2. The van der Waals surface area contributed by atoms with Gasteiger partial charge in [-0.1, -0.05) is 0 Å². The molecule has 0 unspecified atom stereocenters. The lowest BCUT2D eigenvalue weighted by Gasteiger charge is -1.95. The van der Waals surface area contributed by atoms with Crippen molar-refractivity contribution >= 4 is 17.4 Å². The van der Waals surface area contributed by atoms with Crippen LogP contribution in [-0.4, -0.2) is 18.0 Å². The summed E-state index contributed by atoms with van der Waals surface area (Å²) in [5, 5.41) is 2.29. The summed E-state index contributed by atoms with van der Waals surface area (Å²) in [6.07, 6.45) is 2.13. The van der Waals surface area contributed by atoms with Crippen LogP contribution in [0, 0.1) is 0 Å². The molecule has 8 heavy (non-hydrogen) atoms. The molecule has 0 spiro atoms. The first-order valence-electron chi connectivity index (χ1n) is 2.62. The molecule has 0 saturated carbocycles. The van der Waals surface area contributed by atoms with E-state index in [1.165, 1.54) is 0 Å². The summed E-state index contributed by atoms with van der Waals surface area (Å²) in [6.45, 7) is 0.825. The summed E-state index contributed by atoms with van der Waals surface area (Å²) in [5.41, 5.74) is 0. The molecule has 0 aliphatic carbocycles. The van der Waals surface area contributed by atoms with Crippen LogP contribution in [0.4, 0.5) is 0 Å². The molecule has 1 heterocycles. The van der Waals surface area contributed by atoms with Crippen molar-refractivity contribution in [2.24, 2.45) is 4.99 Å². The zero-order valence-corrected chi connectivity index (χ0v) is 5.28. The molecule has 0 bridgehead atoms. The highest BCUT2D eigenvalue weighted by Crippen LogP contribution is 2.11. The SMILES string of the molecule is S=C=N[C@H]1CCCO1. The van der Waals surface area contributed by atoms with Gasteiger partial charge in [0.25, 0.3) is 0 Å². The Morgan fingerprint density at radius 1 is 1.75 bits per heavy atom. The smallest absolute Gasteiger partial charge is 0.158 e. The van der Waals surface area contributed by atoms with E-state index in [4.69, 9.17) is 4.74 Å². The van der Waals surface area contributed by atoms with Gasteiger partial charge in [-0.15, -0.1) is 0 Å². The summed E-state index contributed by atoms with van der Waals surface area (Å²) in [6, 6.07) is 0. The van der Waals surface area contributed by atoms with E-state index in [0.717, 1.165) is 19.4 Å². The van der Waals surface area contributed by atoms with Gasteiger partial charge in [-0.05, 0) is 25.1 Å². The average Bonchev–Trinajstić information content (AvgIpc) is 2.19. The fourth-order valence-corrected chi connectivity index (χ4v) is 0.839. The Bertz CT molecular complexity index is 114. The van der Waals surface area contributed by atoms with E-state index in [2.05, 4.69) is 22.4 Å². The van der Waals surface area contributed by atoms with Crippen LogP contribution >= 0.6 is 12.2 Å². The van der Waals surface area contributed by atoms with Crippen LogP contribution < -0.4 is 0 Å². The Morgan fingerprint density at radius 2 is 2.62 bits per heavy atom. The van der Waals surface area contributed by atoms with E-state index in [9.17, 15) is 0 Å². The second-order valence-corrected chi connectivity index (χ2v) is 1.87. The van der Waals surface area contributed by atoms with E-state index in [1.54, 1.807) is 0 Å². The number of isothiocyanates is 1. The Labute approximate surface area is 53.6 Å². The van der Waals surface area contributed by atoms with Crippen LogP contribution in [0.2, 0.25) is 0 Å². The van der Waals surface area contributed by atoms with E-state index >= 15 is 0 Å². The number of aliphatic imine (C=N–C) groups is 1. The summed E-state index contributed by atoms with van der Waals surface area (Å²) in [7, 11) is 0. The maximum absolute atomic E-state index is 5.10. The quantitative estimate of drug-likeness (QED) is 0.392. The minimum Gasteiger partial charge on any atom is -0.356 e. The van der Waals surface area contributed by atoms with Gasteiger partial charge < -0.3 is 4.74 Å². The molecule has 44 valence electrons. The minimum absolute atomic E-state index is 0.0208. The van der Waals surface area contributed by atoms with E-state index in [0.29, 0.717) is 0 Å². The lowest BCUT2D eigenvalue weighted by atomic mass is 10.3. The monoisotopic (exact) mass is 129 g/mol. The van der Waals surface area contributed by atoms with Crippen molar-refractivity contribution in [3.8, 4) is 0 Å². The Morgan fingerprint density at radius 3 is 3.12 bits per heavy atom. The van der Waals surface area contributed by atoms with Gasteiger partial charge in [0.15, 0.2) is 6.23 Å². The third kappa shape index (κ3) is 1.37. The fourth-order valence-electron chi connectivity index (χ4n) is 0.721. The van der Waals surface area contributed by atoms with Gasteiger partial charge in [0.1, 0.15) is 0 Å². The fraction of sp³-hybridized carbons (Fsp3) is 0.800. The largest absolute Gasteiger partial charge is 0.356 e. The van der Waals surface area contributed by atoms with Gasteiger partial charge in [-0.2, -0.15) is 0 Å². The lowest BCUT2D eigenvalue weighted by molar-refractivity contribution is 0.119. The first-order chi connectivity index (χ1) is 3.93. The Kier molecular flexibility index (Phi) is 2.15. The van der Waals surface area contributed by atoms with Crippen molar-refractivity contribution in [3.63, 3.8) is 0 Å². The molecule has 1 rings (SSSR count). The number of rotatable bonds is 1. The van der Waals surface area contributed by atoms with Gasteiger partial charge in [-0.3, -0.25) is 0 Å². The molecule has 0 aromatic rings. The summed E-state index contributed by atoms with van der Waals surface area (Å²) >= 11 is 4.39. The third-order valence-electron chi connectivity index (χ3n) is 1.10. The Hall–Kier alpha value is -0.240. The molecule has 1 aliphatic rings. The van der Waals surface area contributed by atoms with Gasteiger partial charge >= 0.3 is 0 Å². The third-order valence-corrected chi connectivity index (χ3v) is 1.21. The first-order valence-corrected chi connectivity index (χ1v) is 3.03. The first kappa shape index (κ1) is 5.89. The summed E-state index contributed by atoms with van der Waals surface area (Å²) < 4.78 is 5.10. The maximum Gasteiger partial charge on any atom is 0.158 e. The van der Waals surface area contributed by atoms with Crippen molar-refractivity contribution < 1.29 is 4.74 Å². The minimum atomic E-state index is 0.0208. The molecular formula is C5H7NOS. The van der Waals surface area contributed by atoms with Crippen molar-refractivity contribution in [1.82, 2.24) is 0 Å². The predicted octanol–water partition coefficient (Wildman–Crippen LogP) is 1.23. The van der Waals surface area contributed by atoms with Gasteiger partial charge in [0, 0.05) is 6.61 Å². The van der Waals surface area contributed by atoms with Crippen molar-refractivity contribution in [2.75, 3.05) is 6.61 Å². The van der Waals surface area contributed by atoms with Crippen LogP contribution in [0.15, 0.2) is 4.99 Å². The molecular weight excluding hydrogens is 122 g/mol. The van der Waals surface area contributed by atoms with Crippen LogP contribution in [0.5, 0.6) is 0 Å². The number of nitrogens with zero attached hydrogens (tertiary/aromatic N) is 1. The molecule has 0 aromatic carbocycles. The van der Waals surface area contributed by atoms with Crippen LogP contribution in [-0.2, 0) is 4.74 Å². The molecule has 0 radical (unpaired) electrons. The number of ether oxygens (including phenoxy) is 1. The predicted molar refractivity (Wildman–Crippen MR) is 34.0 cm³/mol. The summed E-state index contributed by atoms with van der Waals surface area (Å²) in [5.74, 6) is 0.